The van der Waals surface area contributed by atoms with Gasteiger partial charge in [0.25, 0.3) is 0 Å². The number of rotatable bonds is 20. The Bertz CT molecular complexity index is 2810. The van der Waals surface area contributed by atoms with E-state index in [1.807, 2.05) is 22.7 Å². The zero-order chi connectivity index (χ0) is 41.8. The van der Waals surface area contributed by atoms with Crippen LogP contribution >= 0.6 is 22.7 Å². The molecule has 0 amide bonds. The van der Waals surface area contributed by atoms with E-state index >= 15 is 0 Å². The molecule has 0 unspecified atom stereocenters. The predicted molar refractivity (Wildman–Crippen MR) is 277 cm³/mol. The second-order valence-electron chi connectivity index (χ2n) is 17.5. The van der Waals surface area contributed by atoms with Crippen molar-refractivity contribution in [2.45, 2.75) is 104 Å². The second kappa shape index (κ2) is 18.5. The van der Waals surface area contributed by atoms with Crippen LogP contribution in [0.15, 0.2) is 132 Å². The van der Waals surface area contributed by atoms with Crippen LogP contribution in [-0.4, -0.2) is 0 Å². The van der Waals surface area contributed by atoms with Crippen molar-refractivity contribution >= 4 is 99.3 Å². The Morgan fingerprint density at radius 1 is 0.371 bits per heavy atom. The maximum Gasteiger partial charge on any atom is 0.0544 e. The van der Waals surface area contributed by atoms with E-state index in [2.05, 4.69) is 157 Å². The molecule has 0 atom stereocenters. The summed E-state index contributed by atoms with van der Waals surface area (Å²) in [5.74, 6) is 0. The smallest absolute Gasteiger partial charge is 0.0544 e. The van der Waals surface area contributed by atoms with E-state index in [1.54, 1.807) is 0 Å². The first kappa shape index (κ1) is 40.6. The number of hydrogen-bond donors (Lipinski definition) is 2. The minimum absolute atomic E-state index is 1.13. The first-order valence-corrected chi connectivity index (χ1v) is 25.2. The van der Waals surface area contributed by atoms with Crippen LogP contribution in [-0.2, 0) is 12.8 Å². The fraction of sp³-hybridized carbons (Fsp3) is 0.276. The molecule has 10 rings (SSSR count). The number of aryl methyl sites for hydroxylation is 2. The topological polar surface area (TPSA) is 24.1 Å². The fourth-order valence-corrected chi connectivity index (χ4v) is 11.6. The van der Waals surface area contributed by atoms with Crippen LogP contribution in [0.2, 0.25) is 0 Å². The lowest BCUT2D eigenvalue weighted by Crippen LogP contribution is -2.01. The zero-order valence-electron chi connectivity index (χ0n) is 36.4. The molecule has 2 nitrogen and oxygen atoms in total. The van der Waals surface area contributed by atoms with Crippen molar-refractivity contribution in [3.63, 3.8) is 0 Å². The summed E-state index contributed by atoms with van der Waals surface area (Å²) in [7, 11) is 0. The number of unbranched alkanes of at least 4 members (excludes halogenated alkanes) is 10. The number of nitrogens with one attached hydrogen (secondary N) is 2. The molecule has 0 fully saturated rings. The van der Waals surface area contributed by atoms with Crippen LogP contribution in [0.5, 0.6) is 0 Å². The van der Waals surface area contributed by atoms with Gasteiger partial charge < -0.3 is 10.6 Å². The lowest BCUT2D eigenvalue weighted by molar-refractivity contribution is 0.607. The number of benzene rings is 8. The molecule has 0 bridgehead atoms. The molecule has 2 heterocycles. The average Bonchev–Trinajstić information content (AvgIpc) is 4.06. The molecule has 62 heavy (non-hydrogen) atoms. The summed E-state index contributed by atoms with van der Waals surface area (Å²) in [6, 6.07) is 46.4. The van der Waals surface area contributed by atoms with E-state index in [9.17, 15) is 0 Å². The van der Waals surface area contributed by atoms with Crippen molar-refractivity contribution in [1.82, 2.24) is 0 Å². The van der Waals surface area contributed by atoms with Gasteiger partial charge in [0.1, 0.15) is 0 Å². The van der Waals surface area contributed by atoms with Crippen LogP contribution < -0.4 is 10.6 Å². The highest BCUT2D eigenvalue weighted by Gasteiger charge is 2.26. The first-order valence-electron chi connectivity index (χ1n) is 23.4. The highest BCUT2D eigenvalue weighted by molar-refractivity contribution is 7.14. The van der Waals surface area contributed by atoms with Crippen molar-refractivity contribution in [1.29, 1.82) is 0 Å². The predicted octanol–water partition coefficient (Wildman–Crippen LogP) is 19.1. The molecule has 312 valence electrons. The minimum Gasteiger partial charge on any atom is -0.355 e. The second-order valence-corrected chi connectivity index (χ2v) is 19.4. The van der Waals surface area contributed by atoms with E-state index < -0.39 is 0 Å². The molecular formula is C58H58N2S2. The molecule has 0 saturated carbocycles. The Labute approximate surface area is 375 Å². The third-order valence-corrected chi connectivity index (χ3v) is 15.1. The van der Waals surface area contributed by atoms with Crippen LogP contribution in [0.25, 0.3) is 74.7 Å². The summed E-state index contributed by atoms with van der Waals surface area (Å²) in [6.45, 7) is 4.58. The SMILES string of the molecule is CCCCCCCCc1ccc(Nc2c3cccc4c(-c5cccs5)cc5c(Nc6ccc(CCCCCCCC)cc6)c6cccc7c(-c8cccs8)cc2c(c76)c5c43)cc1. The minimum atomic E-state index is 1.13. The molecule has 0 radical (unpaired) electrons. The first-order chi connectivity index (χ1) is 30.7. The van der Waals surface area contributed by atoms with Gasteiger partial charge in [-0.25, -0.2) is 0 Å². The third kappa shape index (κ3) is 7.93. The van der Waals surface area contributed by atoms with E-state index in [0.29, 0.717) is 0 Å². The Morgan fingerprint density at radius 2 is 0.774 bits per heavy atom. The summed E-state index contributed by atoms with van der Waals surface area (Å²) >= 11 is 3.65. The van der Waals surface area contributed by atoms with Crippen molar-refractivity contribution in [2.75, 3.05) is 10.6 Å². The van der Waals surface area contributed by atoms with Crippen molar-refractivity contribution in [3.8, 4) is 20.9 Å². The van der Waals surface area contributed by atoms with Gasteiger partial charge in [0.05, 0.1) is 11.4 Å². The summed E-state index contributed by atoms with van der Waals surface area (Å²) in [6.07, 6.45) is 18.2. The molecule has 10 aromatic rings. The van der Waals surface area contributed by atoms with E-state index in [1.165, 1.54) is 174 Å². The van der Waals surface area contributed by atoms with Gasteiger partial charge in [0, 0.05) is 75.3 Å². The normalized spacial score (nSPS) is 12.0. The van der Waals surface area contributed by atoms with Gasteiger partial charge in [-0.3, -0.25) is 0 Å². The maximum atomic E-state index is 4.07. The van der Waals surface area contributed by atoms with E-state index in [-0.39, 0.29) is 0 Å². The molecule has 0 spiro atoms. The molecule has 2 N–H and O–H groups in total. The van der Waals surface area contributed by atoms with Gasteiger partial charge >= 0.3 is 0 Å². The van der Waals surface area contributed by atoms with Gasteiger partial charge in [-0.15, -0.1) is 22.7 Å². The van der Waals surface area contributed by atoms with E-state index in [0.717, 1.165) is 24.2 Å². The van der Waals surface area contributed by atoms with Gasteiger partial charge in [0.15, 0.2) is 0 Å². The largest absolute Gasteiger partial charge is 0.355 e. The van der Waals surface area contributed by atoms with Crippen molar-refractivity contribution in [3.05, 3.63) is 143 Å². The zero-order valence-corrected chi connectivity index (χ0v) is 38.1. The van der Waals surface area contributed by atoms with E-state index in [4.69, 9.17) is 0 Å². The molecule has 8 aromatic carbocycles. The van der Waals surface area contributed by atoms with Gasteiger partial charge in [-0.2, -0.15) is 0 Å². The van der Waals surface area contributed by atoms with Gasteiger partial charge in [0.2, 0.25) is 0 Å². The Balaban J connectivity index is 1.14. The Hall–Kier alpha value is -5.42. The molecular weight excluding hydrogens is 789 g/mol. The highest BCUT2D eigenvalue weighted by atomic mass is 32.1. The van der Waals surface area contributed by atoms with Crippen LogP contribution in [0.3, 0.4) is 0 Å². The lowest BCUT2D eigenvalue weighted by atomic mass is 9.82. The van der Waals surface area contributed by atoms with Crippen molar-refractivity contribution < 1.29 is 0 Å². The molecule has 0 saturated heterocycles. The Kier molecular flexibility index (Phi) is 12.1. The third-order valence-electron chi connectivity index (χ3n) is 13.3. The number of thiophene rings is 2. The average molecular weight is 847 g/mol. The van der Waals surface area contributed by atoms with Crippen LogP contribution in [0, 0.1) is 0 Å². The summed E-state index contributed by atoms with van der Waals surface area (Å²) in [5, 5.41) is 25.6. The molecule has 4 heteroatoms. The lowest BCUT2D eigenvalue weighted by Gasteiger charge is -2.26. The summed E-state index contributed by atoms with van der Waals surface area (Å²) in [5.41, 5.74) is 10.0. The molecule has 0 aliphatic carbocycles. The fourth-order valence-electron chi connectivity index (χ4n) is 10.1. The Morgan fingerprint density at radius 3 is 1.18 bits per heavy atom. The quantitative estimate of drug-likeness (QED) is 0.0454. The van der Waals surface area contributed by atoms with Crippen molar-refractivity contribution in [2.24, 2.45) is 0 Å². The monoisotopic (exact) mass is 846 g/mol. The van der Waals surface area contributed by atoms with Crippen LogP contribution in [0.1, 0.15) is 102 Å². The standard InChI is InChI=1S/C58H58N2S2/c1-3-5-7-9-11-13-19-39-27-31-41(32-28-39)59-57-45-23-15-21-43-48(52-26-18-36-62-52)38-50-56(53(43)45)55-49(57)37-47(51-25-17-35-61-51)44-22-16-24-46(54(44)55)58(50)60-42-33-29-40(30-34-42)20-14-12-10-8-6-4-2/h15-18,21-38,59-60H,3-14,19-20H2,1-2H3. The molecule has 0 aliphatic heterocycles. The van der Waals surface area contributed by atoms with Crippen LogP contribution in [0.4, 0.5) is 22.7 Å². The maximum absolute atomic E-state index is 4.07. The molecule has 2 aromatic heterocycles. The summed E-state index contributed by atoms with van der Waals surface area (Å²) < 4.78 is 0. The van der Waals surface area contributed by atoms with Gasteiger partial charge in [-0.05, 0) is 107 Å². The number of hydrogen-bond acceptors (Lipinski definition) is 4. The number of anilines is 4. The summed E-state index contributed by atoms with van der Waals surface area (Å²) in [4.78, 5) is 2.59. The molecule has 0 aliphatic rings. The highest BCUT2D eigenvalue weighted by Crippen LogP contribution is 2.55. The van der Waals surface area contributed by atoms with Gasteiger partial charge in [-0.1, -0.05) is 151 Å².